The monoisotopic (exact) mass is 421 g/mol. The van der Waals surface area contributed by atoms with Gasteiger partial charge < -0.3 is 4.57 Å². The van der Waals surface area contributed by atoms with Gasteiger partial charge >= 0.3 is 6.18 Å². The lowest BCUT2D eigenvalue weighted by Crippen LogP contribution is -2.35. The molecule has 1 aliphatic heterocycles. The van der Waals surface area contributed by atoms with Gasteiger partial charge in [0.2, 0.25) is 0 Å². The number of nitrogens with zero attached hydrogens (tertiary/aromatic N) is 3. The lowest BCUT2D eigenvalue weighted by atomic mass is 10.2. The first-order valence-corrected chi connectivity index (χ1v) is 10.1. The zero-order valence-electron chi connectivity index (χ0n) is 16.6. The molecular weight excluding hydrogens is 399 g/mol. The number of aliphatic imine (C=N–C) groups is 1. The third kappa shape index (κ3) is 4.58. The molecule has 0 N–H and O–H groups in total. The summed E-state index contributed by atoms with van der Waals surface area (Å²) in [5.41, 5.74) is 0.282. The summed E-state index contributed by atoms with van der Waals surface area (Å²) in [6, 6.07) is 8.60. The van der Waals surface area contributed by atoms with E-state index >= 15 is 0 Å². The summed E-state index contributed by atoms with van der Waals surface area (Å²) in [4.78, 5) is 19.6. The van der Waals surface area contributed by atoms with Crippen LogP contribution in [-0.4, -0.2) is 32.6 Å². The molecule has 2 heterocycles. The molecule has 2 aromatic rings. The summed E-state index contributed by atoms with van der Waals surface area (Å²) in [6.07, 6.45) is -1.04. The number of aromatic nitrogens is 1. The maximum absolute atomic E-state index is 13.1. The summed E-state index contributed by atoms with van der Waals surface area (Å²) in [7, 11) is 0. The predicted molar refractivity (Wildman–Crippen MR) is 111 cm³/mol. The topological polar surface area (TPSA) is 37.6 Å². The SMILES string of the molecule is CC(C)N=C1S/C(=C/c2cccn2-c2cccc(C(F)(F)F)c2)C(=O)N1C(C)C. The van der Waals surface area contributed by atoms with Crippen molar-refractivity contribution in [2.45, 2.75) is 46.0 Å². The zero-order valence-corrected chi connectivity index (χ0v) is 17.4. The molecule has 0 spiro atoms. The van der Waals surface area contributed by atoms with Crippen LogP contribution in [0.25, 0.3) is 11.8 Å². The number of carbonyl (C=O) groups is 1. The molecule has 0 radical (unpaired) electrons. The number of thioether (sulfide) groups is 1. The second kappa shape index (κ2) is 8.10. The first-order chi connectivity index (χ1) is 13.6. The highest BCUT2D eigenvalue weighted by Crippen LogP contribution is 2.35. The molecule has 0 atom stereocenters. The molecule has 1 aromatic heterocycles. The molecule has 0 bridgehead atoms. The maximum Gasteiger partial charge on any atom is 0.416 e. The Morgan fingerprint density at radius 1 is 1.10 bits per heavy atom. The average Bonchev–Trinajstić information content (AvgIpc) is 3.19. The van der Waals surface area contributed by atoms with E-state index in [4.69, 9.17) is 0 Å². The average molecular weight is 421 g/mol. The molecule has 29 heavy (non-hydrogen) atoms. The Bertz CT molecular complexity index is 974. The minimum Gasteiger partial charge on any atom is -0.317 e. The van der Waals surface area contributed by atoms with Gasteiger partial charge in [-0.2, -0.15) is 13.2 Å². The molecule has 0 aliphatic carbocycles. The van der Waals surface area contributed by atoms with E-state index in [1.54, 1.807) is 39.9 Å². The number of halogens is 3. The number of carbonyl (C=O) groups excluding carboxylic acids is 1. The molecule has 1 saturated heterocycles. The number of rotatable bonds is 4. The normalized spacial score (nSPS) is 18.1. The van der Waals surface area contributed by atoms with Gasteiger partial charge in [-0.1, -0.05) is 6.07 Å². The van der Waals surface area contributed by atoms with Crippen molar-refractivity contribution in [3.05, 3.63) is 58.8 Å². The minimum atomic E-state index is -4.42. The van der Waals surface area contributed by atoms with E-state index in [0.29, 0.717) is 21.5 Å². The molecule has 3 rings (SSSR count). The van der Waals surface area contributed by atoms with Gasteiger partial charge in [0.05, 0.1) is 10.5 Å². The minimum absolute atomic E-state index is 0.0415. The highest BCUT2D eigenvalue weighted by molar-refractivity contribution is 8.18. The van der Waals surface area contributed by atoms with Crippen LogP contribution in [0, 0.1) is 0 Å². The lowest BCUT2D eigenvalue weighted by molar-refractivity contribution is -0.137. The number of benzene rings is 1. The van der Waals surface area contributed by atoms with E-state index in [-0.39, 0.29) is 18.0 Å². The Morgan fingerprint density at radius 3 is 2.45 bits per heavy atom. The quantitative estimate of drug-likeness (QED) is 0.604. The number of hydrogen-bond donors (Lipinski definition) is 0. The first-order valence-electron chi connectivity index (χ1n) is 9.24. The van der Waals surface area contributed by atoms with E-state index in [1.165, 1.54) is 17.8 Å². The van der Waals surface area contributed by atoms with Crippen molar-refractivity contribution in [1.82, 2.24) is 9.47 Å². The van der Waals surface area contributed by atoms with E-state index in [0.717, 1.165) is 12.1 Å². The third-order valence-corrected chi connectivity index (χ3v) is 5.23. The fourth-order valence-corrected chi connectivity index (χ4v) is 4.18. The van der Waals surface area contributed by atoms with Crippen LogP contribution in [0.15, 0.2) is 52.5 Å². The molecule has 154 valence electrons. The number of amidine groups is 1. The van der Waals surface area contributed by atoms with Crippen molar-refractivity contribution in [1.29, 1.82) is 0 Å². The zero-order chi connectivity index (χ0) is 21.3. The smallest absolute Gasteiger partial charge is 0.317 e. The van der Waals surface area contributed by atoms with Crippen LogP contribution in [0.1, 0.15) is 39.0 Å². The third-order valence-electron chi connectivity index (χ3n) is 4.23. The number of hydrogen-bond acceptors (Lipinski definition) is 3. The molecule has 4 nitrogen and oxygen atoms in total. The largest absolute Gasteiger partial charge is 0.416 e. The number of amides is 1. The first kappa shape index (κ1) is 21.2. The van der Waals surface area contributed by atoms with Gasteiger partial charge in [0.1, 0.15) is 0 Å². The van der Waals surface area contributed by atoms with Crippen molar-refractivity contribution < 1.29 is 18.0 Å². The van der Waals surface area contributed by atoms with Crippen molar-refractivity contribution in [2.75, 3.05) is 0 Å². The van der Waals surface area contributed by atoms with Gasteiger partial charge in [-0.3, -0.25) is 14.7 Å². The Morgan fingerprint density at radius 2 is 1.83 bits per heavy atom. The fraction of sp³-hybridized carbons (Fsp3) is 0.333. The van der Waals surface area contributed by atoms with Crippen molar-refractivity contribution in [3.63, 3.8) is 0 Å². The summed E-state index contributed by atoms with van der Waals surface area (Å²) in [6.45, 7) is 7.72. The van der Waals surface area contributed by atoms with Crippen LogP contribution in [0.4, 0.5) is 13.2 Å². The van der Waals surface area contributed by atoms with Crippen LogP contribution in [0.5, 0.6) is 0 Å². The summed E-state index contributed by atoms with van der Waals surface area (Å²) < 4.78 is 40.8. The van der Waals surface area contributed by atoms with Crippen LogP contribution >= 0.6 is 11.8 Å². The Hall–Kier alpha value is -2.48. The van der Waals surface area contributed by atoms with Crippen LogP contribution in [-0.2, 0) is 11.0 Å². The molecule has 1 amide bonds. The molecule has 8 heteroatoms. The molecular formula is C21H22F3N3OS. The molecule has 0 unspecified atom stereocenters. The van der Waals surface area contributed by atoms with E-state index in [1.807, 2.05) is 27.7 Å². The molecule has 0 saturated carbocycles. The van der Waals surface area contributed by atoms with Gasteiger partial charge in [0, 0.05) is 29.7 Å². The van der Waals surface area contributed by atoms with Crippen LogP contribution in [0.2, 0.25) is 0 Å². The highest BCUT2D eigenvalue weighted by atomic mass is 32.2. The van der Waals surface area contributed by atoms with Crippen LogP contribution < -0.4 is 0 Å². The Kier molecular flexibility index (Phi) is 5.93. The molecule has 1 fully saturated rings. The lowest BCUT2D eigenvalue weighted by Gasteiger charge is -2.20. The molecule has 1 aromatic carbocycles. The van der Waals surface area contributed by atoms with E-state index < -0.39 is 11.7 Å². The highest BCUT2D eigenvalue weighted by Gasteiger charge is 2.35. The Labute approximate surface area is 172 Å². The maximum atomic E-state index is 13.1. The second-order valence-electron chi connectivity index (χ2n) is 7.24. The van der Waals surface area contributed by atoms with Crippen LogP contribution in [0.3, 0.4) is 0 Å². The van der Waals surface area contributed by atoms with Crippen molar-refractivity contribution >= 4 is 28.9 Å². The standard InChI is InChI=1S/C21H22F3N3OS/c1-13(2)25-20-27(14(3)4)19(28)18(29-20)12-17-9-6-10-26(17)16-8-5-7-15(11-16)21(22,23)24/h5-14H,1-4H3/b18-12+,25-20?. The van der Waals surface area contributed by atoms with Gasteiger partial charge in [-0.05, 0) is 75.9 Å². The van der Waals surface area contributed by atoms with Gasteiger partial charge in [0.25, 0.3) is 5.91 Å². The summed E-state index contributed by atoms with van der Waals surface area (Å²) in [5.74, 6) is -0.152. The summed E-state index contributed by atoms with van der Waals surface area (Å²) in [5, 5.41) is 0.642. The second-order valence-corrected chi connectivity index (χ2v) is 8.25. The molecule has 1 aliphatic rings. The van der Waals surface area contributed by atoms with Crippen molar-refractivity contribution in [3.8, 4) is 5.69 Å². The van der Waals surface area contributed by atoms with Crippen molar-refractivity contribution in [2.24, 2.45) is 4.99 Å². The van der Waals surface area contributed by atoms with E-state index in [2.05, 4.69) is 4.99 Å². The summed E-state index contributed by atoms with van der Waals surface area (Å²) >= 11 is 1.29. The van der Waals surface area contributed by atoms with Gasteiger partial charge in [-0.15, -0.1) is 0 Å². The van der Waals surface area contributed by atoms with E-state index in [9.17, 15) is 18.0 Å². The van der Waals surface area contributed by atoms with Gasteiger partial charge in [-0.25, -0.2) is 0 Å². The fourth-order valence-electron chi connectivity index (χ4n) is 2.97. The number of alkyl halides is 3. The Balaban J connectivity index is 2.00. The predicted octanol–water partition coefficient (Wildman–Crippen LogP) is 5.59. The van der Waals surface area contributed by atoms with Gasteiger partial charge in [0.15, 0.2) is 5.17 Å².